The van der Waals surface area contributed by atoms with Crippen LogP contribution in [0.2, 0.25) is 5.02 Å². The highest BCUT2D eigenvalue weighted by Crippen LogP contribution is 2.33. The Balaban J connectivity index is 2.11. The van der Waals surface area contributed by atoms with E-state index in [1.54, 1.807) is 0 Å². The third-order valence-corrected chi connectivity index (χ3v) is 5.71. The first kappa shape index (κ1) is 21.2. The summed E-state index contributed by atoms with van der Waals surface area (Å²) in [6.07, 6.45) is 0. The molecule has 0 N–H and O–H groups in total. The van der Waals surface area contributed by atoms with Crippen LogP contribution in [0.4, 0.5) is 10.8 Å². The highest BCUT2D eigenvalue weighted by molar-refractivity contribution is 7.22. The number of thiazole rings is 1. The lowest BCUT2D eigenvalue weighted by atomic mass is 10.1. The van der Waals surface area contributed by atoms with Crippen molar-refractivity contribution in [2.24, 2.45) is 0 Å². The zero-order valence-electron chi connectivity index (χ0n) is 16.6. The molecule has 9 heteroatoms. The van der Waals surface area contributed by atoms with E-state index in [0.717, 1.165) is 21.3 Å². The average Bonchev–Trinajstić information content (AvgIpc) is 3.05. The van der Waals surface area contributed by atoms with Gasteiger partial charge in [-0.25, -0.2) is 4.98 Å². The lowest BCUT2D eigenvalue weighted by molar-refractivity contribution is -0.385. The Morgan fingerprint density at radius 3 is 2.59 bits per heavy atom. The molecule has 3 aromatic rings. The van der Waals surface area contributed by atoms with E-state index in [-0.39, 0.29) is 16.3 Å². The molecule has 0 aliphatic heterocycles. The number of fused-ring (bicyclic) bond motifs is 1. The number of nitro benzene ring substituents is 1. The number of aryl methyl sites for hydroxylation is 2. The molecule has 0 atom stereocenters. The van der Waals surface area contributed by atoms with Crippen LogP contribution >= 0.6 is 22.9 Å². The maximum Gasteiger partial charge on any atom is 0.282 e. The normalized spacial score (nSPS) is 11.2. The van der Waals surface area contributed by atoms with Crippen molar-refractivity contribution in [2.75, 3.05) is 32.1 Å². The van der Waals surface area contributed by atoms with E-state index in [1.807, 2.05) is 45.0 Å². The summed E-state index contributed by atoms with van der Waals surface area (Å²) in [5.74, 6) is -0.491. The van der Waals surface area contributed by atoms with Gasteiger partial charge in [0, 0.05) is 24.2 Å². The average molecular weight is 433 g/mol. The predicted octanol–water partition coefficient (Wildman–Crippen LogP) is 4.68. The molecule has 1 heterocycles. The molecule has 0 spiro atoms. The Hall–Kier alpha value is -2.55. The van der Waals surface area contributed by atoms with Crippen molar-refractivity contribution in [3.05, 3.63) is 62.2 Å². The predicted molar refractivity (Wildman–Crippen MR) is 117 cm³/mol. The summed E-state index contributed by atoms with van der Waals surface area (Å²) >= 11 is 7.43. The summed E-state index contributed by atoms with van der Waals surface area (Å²) in [5, 5.41) is 12.2. The molecule has 152 valence electrons. The second-order valence-corrected chi connectivity index (χ2v) is 8.55. The zero-order chi connectivity index (χ0) is 21.3. The van der Waals surface area contributed by atoms with Gasteiger partial charge in [0.2, 0.25) is 0 Å². The number of rotatable bonds is 6. The fraction of sp³-hybridized carbons (Fsp3) is 0.300. The maximum absolute atomic E-state index is 13.4. The molecule has 0 bridgehead atoms. The molecular formula is C20H21ClN4O3S. The molecule has 0 fully saturated rings. The number of nitro groups is 1. The Kier molecular flexibility index (Phi) is 6.16. The highest BCUT2D eigenvalue weighted by atomic mass is 35.5. The van der Waals surface area contributed by atoms with Crippen LogP contribution in [-0.4, -0.2) is 47.9 Å². The summed E-state index contributed by atoms with van der Waals surface area (Å²) in [4.78, 5) is 32.4. The molecule has 0 aliphatic rings. The fourth-order valence-corrected chi connectivity index (χ4v) is 4.38. The molecule has 7 nitrogen and oxygen atoms in total. The Bertz CT molecular complexity index is 1100. The first-order valence-electron chi connectivity index (χ1n) is 8.95. The lowest BCUT2D eigenvalue weighted by Crippen LogP contribution is -2.37. The number of likely N-dealkylation sites (N-methyl/N-ethyl adjacent to an activating group) is 1. The molecular weight excluding hydrogens is 412 g/mol. The number of halogens is 1. The number of amides is 1. The van der Waals surface area contributed by atoms with Crippen molar-refractivity contribution in [1.82, 2.24) is 9.88 Å². The molecule has 0 aliphatic carbocycles. The SMILES string of the molecule is Cc1cc(C)c2nc(N(CCN(C)C)C(=O)c3cc(Cl)ccc3[N+](=O)[O-])sc2c1. The third kappa shape index (κ3) is 4.55. The molecule has 3 rings (SSSR count). The summed E-state index contributed by atoms with van der Waals surface area (Å²) in [7, 11) is 3.80. The summed E-state index contributed by atoms with van der Waals surface area (Å²) in [6.45, 7) is 4.91. The van der Waals surface area contributed by atoms with Crippen LogP contribution in [0.1, 0.15) is 21.5 Å². The van der Waals surface area contributed by atoms with Gasteiger partial charge in [-0.05, 0) is 57.3 Å². The molecule has 0 unspecified atom stereocenters. The highest BCUT2D eigenvalue weighted by Gasteiger charge is 2.28. The topological polar surface area (TPSA) is 79.6 Å². The fourth-order valence-electron chi connectivity index (χ4n) is 3.04. The molecule has 0 saturated carbocycles. The minimum Gasteiger partial charge on any atom is -0.308 e. The second-order valence-electron chi connectivity index (χ2n) is 7.10. The summed E-state index contributed by atoms with van der Waals surface area (Å²) < 4.78 is 0.973. The number of anilines is 1. The van der Waals surface area contributed by atoms with Crippen LogP contribution in [0.3, 0.4) is 0 Å². The quantitative estimate of drug-likeness (QED) is 0.417. The van der Waals surface area contributed by atoms with E-state index in [1.165, 1.54) is 34.4 Å². The lowest BCUT2D eigenvalue weighted by Gasteiger charge is -2.22. The number of carbonyl (C=O) groups excluding carboxylic acids is 1. The Labute approximate surface area is 177 Å². The Morgan fingerprint density at radius 2 is 1.93 bits per heavy atom. The first-order valence-corrected chi connectivity index (χ1v) is 10.1. The third-order valence-electron chi connectivity index (χ3n) is 4.45. The van der Waals surface area contributed by atoms with Crippen molar-refractivity contribution in [3.8, 4) is 0 Å². The summed E-state index contributed by atoms with van der Waals surface area (Å²) in [6, 6.07) is 8.07. The van der Waals surface area contributed by atoms with Crippen LogP contribution in [0.5, 0.6) is 0 Å². The van der Waals surface area contributed by atoms with Crippen LogP contribution in [0.15, 0.2) is 30.3 Å². The van der Waals surface area contributed by atoms with E-state index >= 15 is 0 Å². The number of benzene rings is 2. The van der Waals surface area contributed by atoms with Gasteiger partial charge < -0.3 is 4.90 Å². The van der Waals surface area contributed by atoms with Gasteiger partial charge in [-0.2, -0.15) is 0 Å². The van der Waals surface area contributed by atoms with Crippen molar-refractivity contribution >= 4 is 49.9 Å². The molecule has 0 saturated heterocycles. The second kappa shape index (κ2) is 8.44. The van der Waals surface area contributed by atoms with E-state index in [9.17, 15) is 14.9 Å². The largest absolute Gasteiger partial charge is 0.308 e. The first-order chi connectivity index (χ1) is 13.7. The van der Waals surface area contributed by atoms with Gasteiger partial charge in [0.1, 0.15) is 5.56 Å². The van der Waals surface area contributed by atoms with E-state index in [0.29, 0.717) is 18.2 Å². The summed E-state index contributed by atoms with van der Waals surface area (Å²) in [5.41, 5.74) is 2.65. The smallest absolute Gasteiger partial charge is 0.282 e. The minimum absolute atomic E-state index is 0.0478. The minimum atomic E-state index is -0.570. The monoisotopic (exact) mass is 432 g/mol. The standard InChI is InChI=1S/C20H21ClN4O3S/c1-12-9-13(2)18-17(10-12)29-20(22-18)24(8-7-23(3)4)19(26)15-11-14(21)5-6-16(15)25(27)28/h5-6,9-11H,7-8H2,1-4H3. The number of hydrogen-bond donors (Lipinski definition) is 0. The number of hydrogen-bond acceptors (Lipinski definition) is 6. The van der Waals surface area contributed by atoms with Crippen molar-refractivity contribution in [1.29, 1.82) is 0 Å². The van der Waals surface area contributed by atoms with Gasteiger partial charge in [0.05, 0.1) is 15.1 Å². The number of carbonyl (C=O) groups is 1. The van der Waals surface area contributed by atoms with Gasteiger partial charge in [-0.1, -0.05) is 29.0 Å². The van der Waals surface area contributed by atoms with Gasteiger partial charge in [-0.3, -0.25) is 19.8 Å². The van der Waals surface area contributed by atoms with Gasteiger partial charge in [0.25, 0.3) is 11.6 Å². The molecule has 29 heavy (non-hydrogen) atoms. The molecule has 1 amide bonds. The molecule has 0 radical (unpaired) electrons. The molecule has 2 aromatic carbocycles. The Morgan fingerprint density at radius 1 is 1.21 bits per heavy atom. The van der Waals surface area contributed by atoms with Gasteiger partial charge in [0.15, 0.2) is 5.13 Å². The zero-order valence-corrected chi connectivity index (χ0v) is 18.2. The van der Waals surface area contributed by atoms with Gasteiger partial charge in [-0.15, -0.1) is 0 Å². The number of nitrogens with zero attached hydrogens (tertiary/aromatic N) is 4. The van der Waals surface area contributed by atoms with Crippen LogP contribution in [0.25, 0.3) is 10.2 Å². The van der Waals surface area contributed by atoms with Crippen molar-refractivity contribution in [2.45, 2.75) is 13.8 Å². The van der Waals surface area contributed by atoms with Gasteiger partial charge >= 0.3 is 0 Å². The van der Waals surface area contributed by atoms with Crippen LogP contribution < -0.4 is 4.90 Å². The van der Waals surface area contributed by atoms with E-state index in [2.05, 4.69) is 4.98 Å². The maximum atomic E-state index is 13.4. The number of aromatic nitrogens is 1. The van der Waals surface area contributed by atoms with E-state index in [4.69, 9.17) is 11.6 Å². The van der Waals surface area contributed by atoms with Crippen molar-refractivity contribution in [3.63, 3.8) is 0 Å². The van der Waals surface area contributed by atoms with Crippen molar-refractivity contribution < 1.29 is 9.72 Å². The van der Waals surface area contributed by atoms with Crippen LogP contribution in [-0.2, 0) is 0 Å². The van der Waals surface area contributed by atoms with E-state index < -0.39 is 10.8 Å². The van der Waals surface area contributed by atoms with Crippen LogP contribution in [0, 0.1) is 24.0 Å². The molecule has 1 aromatic heterocycles.